The second-order valence-electron chi connectivity index (χ2n) is 5.18. The van der Waals surface area contributed by atoms with Gasteiger partial charge in [-0.2, -0.15) is 0 Å². The van der Waals surface area contributed by atoms with Gasteiger partial charge in [0.25, 0.3) is 0 Å². The summed E-state index contributed by atoms with van der Waals surface area (Å²) in [6.07, 6.45) is 2.64. The molecule has 106 valence electrons. The van der Waals surface area contributed by atoms with Gasteiger partial charge in [-0.05, 0) is 48.8 Å². The van der Waals surface area contributed by atoms with Gasteiger partial charge in [0.15, 0.2) is 0 Å². The maximum atomic E-state index is 10.4. The van der Waals surface area contributed by atoms with Crippen LogP contribution in [0.4, 0.5) is 0 Å². The minimum atomic E-state index is -0.594. The van der Waals surface area contributed by atoms with Crippen molar-refractivity contribution < 1.29 is 5.11 Å². The number of rotatable bonds is 5. The summed E-state index contributed by atoms with van der Waals surface area (Å²) in [6.45, 7) is 4.71. The average Bonchev–Trinajstić information content (AvgIpc) is 2.44. The standard InChI is InChI=1S/C15H22ClNOS/c1-3-15(18,4-2)10-17-13-7-8-19-14-6-5-11(16)9-12(13)14/h5-6,9,13,17-18H,3-4,7-8,10H2,1-2H3. The molecule has 1 heterocycles. The highest BCUT2D eigenvalue weighted by molar-refractivity contribution is 7.99. The summed E-state index contributed by atoms with van der Waals surface area (Å²) >= 11 is 7.99. The van der Waals surface area contributed by atoms with Crippen molar-refractivity contribution in [2.45, 2.75) is 49.6 Å². The number of aliphatic hydroxyl groups is 1. The number of thioether (sulfide) groups is 1. The molecule has 4 heteroatoms. The van der Waals surface area contributed by atoms with E-state index in [-0.39, 0.29) is 0 Å². The van der Waals surface area contributed by atoms with E-state index in [4.69, 9.17) is 11.6 Å². The first-order chi connectivity index (χ1) is 9.08. The van der Waals surface area contributed by atoms with E-state index in [0.717, 1.165) is 30.0 Å². The van der Waals surface area contributed by atoms with Crippen LogP contribution in [-0.4, -0.2) is 23.0 Å². The zero-order valence-electron chi connectivity index (χ0n) is 11.6. The van der Waals surface area contributed by atoms with Crippen LogP contribution in [-0.2, 0) is 0 Å². The fourth-order valence-electron chi connectivity index (χ4n) is 2.39. The normalized spacial score (nSPS) is 19.3. The van der Waals surface area contributed by atoms with E-state index >= 15 is 0 Å². The molecule has 1 atom stereocenters. The van der Waals surface area contributed by atoms with Gasteiger partial charge in [0.05, 0.1) is 5.60 Å². The van der Waals surface area contributed by atoms with E-state index in [1.807, 2.05) is 31.7 Å². The van der Waals surface area contributed by atoms with Crippen LogP contribution in [0, 0.1) is 0 Å². The molecule has 1 aromatic rings. The van der Waals surface area contributed by atoms with Crippen LogP contribution in [0.3, 0.4) is 0 Å². The molecule has 0 saturated carbocycles. The van der Waals surface area contributed by atoms with E-state index in [0.29, 0.717) is 12.6 Å². The predicted octanol–water partition coefficient (Wildman–Crippen LogP) is 4.02. The van der Waals surface area contributed by atoms with Gasteiger partial charge in [0.1, 0.15) is 0 Å². The SMILES string of the molecule is CCC(O)(CC)CNC1CCSc2ccc(Cl)cc21. The molecule has 0 bridgehead atoms. The van der Waals surface area contributed by atoms with Gasteiger partial charge in [0.2, 0.25) is 0 Å². The third-order valence-electron chi connectivity index (χ3n) is 4.01. The van der Waals surface area contributed by atoms with Crippen LogP contribution in [0.15, 0.2) is 23.1 Å². The van der Waals surface area contributed by atoms with Crippen molar-refractivity contribution in [2.24, 2.45) is 0 Å². The van der Waals surface area contributed by atoms with Gasteiger partial charge < -0.3 is 10.4 Å². The van der Waals surface area contributed by atoms with Gasteiger partial charge in [-0.15, -0.1) is 11.8 Å². The topological polar surface area (TPSA) is 32.3 Å². The lowest BCUT2D eigenvalue weighted by Crippen LogP contribution is -2.41. The molecule has 19 heavy (non-hydrogen) atoms. The zero-order chi connectivity index (χ0) is 13.9. The van der Waals surface area contributed by atoms with Crippen LogP contribution in [0.2, 0.25) is 5.02 Å². The first-order valence-corrected chi connectivity index (χ1v) is 8.32. The molecule has 0 radical (unpaired) electrons. The van der Waals surface area contributed by atoms with Crippen molar-refractivity contribution in [3.8, 4) is 0 Å². The van der Waals surface area contributed by atoms with Crippen molar-refractivity contribution in [2.75, 3.05) is 12.3 Å². The van der Waals surface area contributed by atoms with Crippen molar-refractivity contribution in [1.29, 1.82) is 0 Å². The van der Waals surface area contributed by atoms with E-state index in [1.54, 1.807) is 0 Å². The molecule has 0 amide bonds. The Labute approximate surface area is 124 Å². The maximum absolute atomic E-state index is 10.4. The van der Waals surface area contributed by atoms with Crippen LogP contribution in [0.1, 0.15) is 44.7 Å². The number of benzene rings is 1. The largest absolute Gasteiger partial charge is 0.389 e. The molecule has 2 rings (SSSR count). The van der Waals surface area contributed by atoms with E-state index < -0.39 is 5.60 Å². The predicted molar refractivity (Wildman–Crippen MR) is 83.1 cm³/mol. The molecular weight excluding hydrogens is 278 g/mol. The molecule has 0 aliphatic carbocycles. The van der Waals surface area contributed by atoms with Crippen molar-refractivity contribution in [1.82, 2.24) is 5.32 Å². The fraction of sp³-hybridized carbons (Fsp3) is 0.600. The minimum absolute atomic E-state index is 0.305. The highest BCUT2D eigenvalue weighted by atomic mass is 35.5. The van der Waals surface area contributed by atoms with Gasteiger partial charge >= 0.3 is 0 Å². The third-order valence-corrected chi connectivity index (χ3v) is 5.36. The van der Waals surface area contributed by atoms with Crippen molar-refractivity contribution in [3.05, 3.63) is 28.8 Å². The summed E-state index contributed by atoms with van der Waals surface area (Å²) in [4.78, 5) is 1.31. The molecule has 1 aliphatic rings. The summed E-state index contributed by atoms with van der Waals surface area (Å²) in [5, 5.41) is 14.7. The summed E-state index contributed by atoms with van der Waals surface area (Å²) in [7, 11) is 0. The molecule has 1 aliphatic heterocycles. The number of hydrogen-bond donors (Lipinski definition) is 2. The monoisotopic (exact) mass is 299 g/mol. The average molecular weight is 300 g/mol. The summed E-state index contributed by atoms with van der Waals surface area (Å²) < 4.78 is 0. The first kappa shape index (κ1) is 15.2. The minimum Gasteiger partial charge on any atom is -0.389 e. The Morgan fingerprint density at radius 2 is 2.16 bits per heavy atom. The summed E-state index contributed by atoms with van der Waals surface area (Å²) in [5.41, 5.74) is 0.682. The number of hydrogen-bond acceptors (Lipinski definition) is 3. The number of fused-ring (bicyclic) bond motifs is 1. The molecule has 1 unspecified atom stereocenters. The number of halogens is 1. The molecule has 0 aromatic heterocycles. The fourth-order valence-corrected chi connectivity index (χ4v) is 3.68. The molecular formula is C15H22ClNOS. The van der Waals surface area contributed by atoms with Crippen molar-refractivity contribution >= 4 is 23.4 Å². The van der Waals surface area contributed by atoms with Crippen LogP contribution in [0.25, 0.3) is 0 Å². The Bertz CT molecular complexity index is 434. The Kier molecular flexibility index (Phi) is 5.18. The smallest absolute Gasteiger partial charge is 0.0766 e. The van der Waals surface area contributed by atoms with E-state index in [2.05, 4.69) is 17.4 Å². The summed E-state index contributed by atoms with van der Waals surface area (Å²) in [5.74, 6) is 1.11. The van der Waals surface area contributed by atoms with Crippen LogP contribution < -0.4 is 5.32 Å². The zero-order valence-corrected chi connectivity index (χ0v) is 13.2. The third kappa shape index (κ3) is 3.66. The first-order valence-electron chi connectivity index (χ1n) is 6.96. The second kappa shape index (κ2) is 6.49. The Balaban J connectivity index is 2.09. The Morgan fingerprint density at radius 3 is 2.84 bits per heavy atom. The second-order valence-corrected chi connectivity index (χ2v) is 6.76. The molecule has 1 aromatic carbocycles. The number of nitrogens with one attached hydrogen (secondary N) is 1. The maximum Gasteiger partial charge on any atom is 0.0766 e. The lowest BCUT2D eigenvalue weighted by atomic mass is 9.96. The Hall–Kier alpha value is -0.220. The molecule has 0 spiro atoms. The van der Waals surface area contributed by atoms with Crippen molar-refractivity contribution in [3.63, 3.8) is 0 Å². The highest BCUT2D eigenvalue weighted by Crippen LogP contribution is 2.37. The Morgan fingerprint density at radius 1 is 1.42 bits per heavy atom. The van der Waals surface area contributed by atoms with Crippen LogP contribution in [0.5, 0.6) is 0 Å². The molecule has 0 saturated heterocycles. The molecule has 0 fully saturated rings. The lowest BCUT2D eigenvalue weighted by Gasteiger charge is -2.31. The highest BCUT2D eigenvalue weighted by Gasteiger charge is 2.26. The van der Waals surface area contributed by atoms with Crippen LogP contribution >= 0.6 is 23.4 Å². The van der Waals surface area contributed by atoms with E-state index in [9.17, 15) is 5.11 Å². The lowest BCUT2D eigenvalue weighted by molar-refractivity contribution is 0.0296. The van der Waals surface area contributed by atoms with Gasteiger partial charge in [-0.1, -0.05) is 25.4 Å². The van der Waals surface area contributed by atoms with E-state index in [1.165, 1.54) is 10.5 Å². The van der Waals surface area contributed by atoms with Gasteiger partial charge in [0, 0.05) is 22.5 Å². The molecule has 2 N–H and O–H groups in total. The molecule has 2 nitrogen and oxygen atoms in total. The summed E-state index contributed by atoms with van der Waals surface area (Å²) in [6, 6.07) is 6.41. The van der Waals surface area contributed by atoms with Gasteiger partial charge in [-0.25, -0.2) is 0 Å². The van der Waals surface area contributed by atoms with Gasteiger partial charge in [-0.3, -0.25) is 0 Å². The quantitative estimate of drug-likeness (QED) is 0.861.